The van der Waals surface area contributed by atoms with Gasteiger partial charge in [-0.15, -0.1) is 11.3 Å². The fourth-order valence-electron chi connectivity index (χ4n) is 1.05. The Balaban J connectivity index is 2.04. The van der Waals surface area contributed by atoms with Crippen LogP contribution in [0.15, 0.2) is 10.5 Å². The average molecular weight is 195 g/mol. The molecule has 1 aliphatic carbocycles. The van der Waals surface area contributed by atoms with Crippen LogP contribution in [0, 0.1) is 0 Å². The molecule has 1 aromatic heterocycles. The summed E-state index contributed by atoms with van der Waals surface area (Å²) in [7, 11) is 3.81. The predicted octanol–water partition coefficient (Wildman–Crippen LogP) is 1.92. The van der Waals surface area contributed by atoms with E-state index < -0.39 is 0 Å². The van der Waals surface area contributed by atoms with Crippen molar-refractivity contribution in [2.75, 3.05) is 14.1 Å². The minimum absolute atomic E-state index is 0.756. The first-order valence-electron chi connectivity index (χ1n) is 4.42. The molecule has 0 N–H and O–H groups in total. The van der Waals surface area contributed by atoms with Gasteiger partial charge in [-0.05, 0) is 12.8 Å². The first kappa shape index (κ1) is 8.69. The van der Waals surface area contributed by atoms with Crippen LogP contribution in [0.2, 0.25) is 0 Å². The zero-order chi connectivity index (χ0) is 9.26. The molecule has 0 atom stereocenters. The van der Waals surface area contributed by atoms with Crippen molar-refractivity contribution in [1.29, 1.82) is 0 Å². The topological polar surface area (TPSA) is 28.5 Å². The van der Waals surface area contributed by atoms with Gasteiger partial charge >= 0.3 is 0 Å². The SMILES string of the molecule is CN(C)/N=C/c1csc(C2CC2)n1. The molecule has 1 fully saturated rings. The van der Waals surface area contributed by atoms with Gasteiger partial charge in [-0.3, -0.25) is 0 Å². The molecule has 0 saturated heterocycles. The van der Waals surface area contributed by atoms with Crippen molar-refractivity contribution < 1.29 is 0 Å². The summed E-state index contributed by atoms with van der Waals surface area (Å²) in [5.74, 6) is 0.756. The minimum Gasteiger partial charge on any atom is -0.303 e. The molecule has 1 saturated carbocycles. The van der Waals surface area contributed by atoms with E-state index in [4.69, 9.17) is 0 Å². The van der Waals surface area contributed by atoms with Crippen LogP contribution in [0.3, 0.4) is 0 Å². The molecule has 3 nitrogen and oxygen atoms in total. The molecule has 1 aliphatic rings. The summed E-state index contributed by atoms with van der Waals surface area (Å²) >= 11 is 1.75. The maximum atomic E-state index is 4.49. The molecule has 0 aliphatic heterocycles. The fourth-order valence-corrected chi connectivity index (χ4v) is 1.99. The standard InChI is InChI=1S/C9H13N3S/c1-12(2)10-5-8-6-13-9(11-8)7-3-4-7/h5-7H,3-4H2,1-2H3/b10-5+. The Bertz CT molecular complexity index is 312. The number of nitrogens with zero attached hydrogens (tertiary/aromatic N) is 3. The van der Waals surface area contributed by atoms with Gasteiger partial charge in [-0.2, -0.15) is 5.10 Å². The van der Waals surface area contributed by atoms with Gasteiger partial charge in [-0.1, -0.05) is 0 Å². The molecule has 0 amide bonds. The van der Waals surface area contributed by atoms with E-state index in [1.54, 1.807) is 16.3 Å². The Labute approximate surface area is 82.1 Å². The van der Waals surface area contributed by atoms with E-state index in [0.29, 0.717) is 0 Å². The lowest BCUT2D eigenvalue weighted by Crippen LogP contribution is -2.01. The normalized spacial score (nSPS) is 16.8. The van der Waals surface area contributed by atoms with Crippen LogP contribution in [0.25, 0.3) is 0 Å². The van der Waals surface area contributed by atoms with Crippen LogP contribution < -0.4 is 0 Å². The number of rotatable bonds is 3. The van der Waals surface area contributed by atoms with Crippen LogP contribution in [-0.2, 0) is 0 Å². The molecule has 4 heteroatoms. The van der Waals surface area contributed by atoms with E-state index in [-0.39, 0.29) is 0 Å². The molecule has 1 aromatic rings. The van der Waals surface area contributed by atoms with Crippen molar-refractivity contribution in [1.82, 2.24) is 9.99 Å². The highest BCUT2D eigenvalue weighted by molar-refractivity contribution is 7.09. The zero-order valence-electron chi connectivity index (χ0n) is 7.90. The predicted molar refractivity (Wildman–Crippen MR) is 55.4 cm³/mol. The summed E-state index contributed by atoms with van der Waals surface area (Å²) in [5.41, 5.74) is 0.987. The van der Waals surface area contributed by atoms with Crippen molar-refractivity contribution >= 4 is 17.6 Å². The molecule has 0 radical (unpaired) electrons. The molecule has 0 aromatic carbocycles. The van der Waals surface area contributed by atoms with Gasteiger partial charge in [0.05, 0.1) is 16.9 Å². The average Bonchev–Trinajstić information content (AvgIpc) is 2.83. The minimum atomic E-state index is 0.756. The largest absolute Gasteiger partial charge is 0.303 e. The highest BCUT2D eigenvalue weighted by Crippen LogP contribution is 2.41. The third kappa shape index (κ3) is 2.28. The van der Waals surface area contributed by atoms with E-state index in [1.807, 2.05) is 20.3 Å². The highest BCUT2D eigenvalue weighted by Gasteiger charge is 2.26. The van der Waals surface area contributed by atoms with Crippen molar-refractivity contribution in [3.63, 3.8) is 0 Å². The molecule has 0 unspecified atom stereocenters. The maximum Gasteiger partial charge on any atom is 0.0964 e. The Morgan fingerprint density at radius 2 is 2.38 bits per heavy atom. The number of hydrazone groups is 1. The first-order valence-corrected chi connectivity index (χ1v) is 5.30. The number of hydrogen-bond donors (Lipinski definition) is 0. The maximum absolute atomic E-state index is 4.49. The number of hydrogen-bond acceptors (Lipinski definition) is 4. The summed E-state index contributed by atoms with van der Waals surface area (Å²) in [5, 5.41) is 9.26. The smallest absolute Gasteiger partial charge is 0.0964 e. The molecule has 2 rings (SSSR count). The van der Waals surface area contributed by atoms with Crippen molar-refractivity contribution in [2.24, 2.45) is 5.10 Å². The van der Waals surface area contributed by atoms with Crippen LogP contribution in [-0.4, -0.2) is 30.3 Å². The van der Waals surface area contributed by atoms with Crippen LogP contribution in [0.4, 0.5) is 0 Å². The summed E-state index contributed by atoms with van der Waals surface area (Å²) < 4.78 is 0. The van der Waals surface area contributed by atoms with Crippen LogP contribution in [0.1, 0.15) is 29.5 Å². The van der Waals surface area contributed by atoms with Gasteiger partial charge in [0.1, 0.15) is 0 Å². The Hall–Kier alpha value is -0.900. The van der Waals surface area contributed by atoms with Crippen molar-refractivity contribution in [2.45, 2.75) is 18.8 Å². The number of thiazole rings is 1. The van der Waals surface area contributed by atoms with E-state index >= 15 is 0 Å². The van der Waals surface area contributed by atoms with Crippen LogP contribution >= 0.6 is 11.3 Å². The quantitative estimate of drug-likeness (QED) is 0.544. The van der Waals surface area contributed by atoms with Gasteiger partial charge in [0.25, 0.3) is 0 Å². The van der Waals surface area contributed by atoms with Crippen molar-refractivity contribution in [3.8, 4) is 0 Å². The Morgan fingerprint density at radius 1 is 1.62 bits per heavy atom. The molecular formula is C9H13N3S. The Morgan fingerprint density at radius 3 is 3.00 bits per heavy atom. The lowest BCUT2D eigenvalue weighted by Gasteiger charge is -2.00. The van der Waals surface area contributed by atoms with E-state index in [0.717, 1.165) is 11.6 Å². The molecule has 70 valence electrons. The lowest BCUT2D eigenvalue weighted by molar-refractivity contribution is 0.440. The molecule has 0 bridgehead atoms. The zero-order valence-corrected chi connectivity index (χ0v) is 8.71. The molecule has 0 spiro atoms. The van der Waals surface area contributed by atoms with E-state index in [2.05, 4.69) is 15.5 Å². The van der Waals surface area contributed by atoms with Gasteiger partial charge in [0, 0.05) is 25.4 Å². The lowest BCUT2D eigenvalue weighted by atomic mass is 10.4. The highest BCUT2D eigenvalue weighted by atomic mass is 32.1. The van der Waals surface area contributed by atoms with E-state index in [9.17, 15) is 0 Å². The molecule has 13 heavy (non-hydrogen) atoms. The van der Waals surface area contributed by atoms with Gasteiger partial charge < -0.3 is 5.01 Å². The Kier molecular flexibility index (Phi) is 2.31. The third-order valence-corrected chi connectivity index (χ3v) is 2.91. The van der Waals surface area contributed by atoms with Gasteiger partial charge in [0.15, 0.2) is 0 Å². The third-order valence-electron chi connectivity index (χ3n) is 1.89. The summed E-state index contributed by atoms with van der Waals surface area (Å²) in [4.78, 5) is 4.49. The molecular weight excluding hydrogens is 182 g/mol. The second kappa shape index (κ2) is 3.46. The fraction of sp³-hybridized carbons (Fsp3) is 0.556. The summed E-state index contributed by atoms with van der Waals surface area (Å²) in [6.07, 6.45) is 4.44. The summed E-state index contributed by atoms with van der Waals surface area (Å²) in [6, 6.07) is 0. The van der Waals surface area contributed by atoms with E-state index in [1.165, 1.54) is 17.8 Å². The van der Waals surface area contributed by atoms with Crippen molar-refractivity contribution in [3.05, 3.63) is 16.1 Å². The number of aromatic nitrogens is 1. The van der Waals surface area contributed by atoms with Gasteiger partial charge in [0.2, 0.25) is 0 Å². The molecule has 1 heterocycles. The second-order valence-corrected chi connectivity index (χ2v) is 4.37. The monoisotopic (exact) mass is 195 g/mol. The second-order valence-electron chi connectivity index (χ2n) is 3.48. The van der Waals surface area contributed by atoms with Gasteiger partial charge in [-0.25, -0.2) is 4.98 Å². The first-order chi connectivity index (χ1) is 6.25. The van der Waals surface area contributed by atoms with Crippen LogP contribution in [0.5, 0.6) is 0 Å². The summed E-state index contributed by atoms with van der Waals surface area (Å²) in [6.45, 7) is 0.